The van der Waals surface area contributed by atoms with Crippen molar-refractivity contribution < 1.29 is 5.11 Å². The molecule has 0 aromatic heterocycles. The molecule has 0 fully saturated rings. The average molecular weight is 240 g/mol. The molecule has 0 saturated heterocycles. The first-order valence-electron chi connectivity index (χ1n) is 5.26. The fourth-order valence-corrected chi connectivity index (χ4v) is 2.13. The van der Waals surface area contributed by atoms with Gasteiger partial charge in [0.15, 0.2) is 0 Å². The van der Waals surface area contributed by atoms with E-state index < -0.39 is 5.60 Å². The topological polar surface area (TPSA) is 58.3 Å². The summed E-state index contributed by atoms with van der Waals surface area (Å²) < 4.78 is 0. The molecule has 0 aliphatic rings. The van der Waals surface area contributed by atoms with Crippen molar-refractivity contribution in [3.05, 3.63) is 23.8 Å². The number of hydrogen-bond donors (Lipinski definition) is 3. The summed E-state index contributed by atoms with van der Waals surface area (Å²) in [5.74, 6) is 0.710. The first-order chi connectivity index (χ1) is 7.44. The summed E-state index contributed by atoms with van der Waals surface area (Å²) in [6.07, 6.45) is 1.98. The first-order valence-corrected chi connectivity index (χ1v) is 6.65. The quantitative estimate of drug-likeness (QED) is 0.690. The fraction of sp³-hybridized carbons (Fsp3) is 0.500. The van der Waals surface area contributed by atoms with Gasteiger partial charge in [0.05, 0.1) is 5.60 Å². The van der Waals surface area contributed by atoms with Crippen LogP contribution in [0.1, 0.15) is 12.5 Å². The maximum Gasteiger partial charge on any atom is 0.0880 e. The molecule has 0 radical (unpaired) electrons. The van der Waals surface area contributed by atoms with Crippen molar-refractivity contribution >= 4 is 23.1 Å². The van der Waals surface area contributed by atoms with Crippen LogP contribution in [-0.2, 0) is 0 Å². The van der Waals surface area contributed by atoms with E-state index in [1.807, 2.05) is 38.3 Å². The molecule has 90 valence electrons. The number of nitrogens with one attached hydrogen (secondary N) is 1. The number of thioether (sulfide) groups is 1. The summed E-state index contributed by atoms with van der Waals surface area (Å²) in [4.78, 5) is 0. The molecule has 16 heavy (non-hydrogen) atoms. The Morgan fingerprint density at radius 1 is 1.50 bits per heavy atom. The van der Waals surface area contributed by atoms with Crippen molar-refractivity contribution in [3.8, 4) is 0 Å². The van der Waals surface area contributed by atoms with Crippen LogP contribution in [0.25, 0.3) is 0 Å². The molecule has 1 aromatic carbocycles. The lowest BCUT2D eigenvalue weighted by molar-refractivity contribution is 0.0997. The Labute approximate surface area is 101 Å². The van der Waals surface area contributed by atoms with Crippen LogP contribution in [0, 0.1) is 6.92 Å². The smallest absolute Gasteiger partial charge is 0.0880 e. The van der Waals surface area contributed by atoms with Crippen LogP contribution in [0.3, 0.4) is 0 Å². The van der Waals surface area contributed by atoms with Gasteiger partial charge in [0.1, 0.15) is 0 Å². The number of rotatable bonds is 5. The Hall–Kier alpha value is -0.870. The average Bonchev–Trinajstić information content (AvgIpc) is 2.20. The van der Waals surface area contributed by atoms with E-state index in [-0.39, 0.29) is 0 Å². The van der Waals surface area contributed by atoms with Gasteiger partial charge in [-0.25, -0.2) is 0 Å². The second kappa shape index (κ2) is 5.46. The van der Waals surface area contributed by atoms with E-state index in [1.54, 1.807) is 11.8 Å². The van der Waals surface area contributed by atoms with Crippen LogP contribution in [0.5, 0.6) is 0 Å². The van der Waals surface area contributed by atoms with E-state index in [9.17, 15) is 5.11 Å². The van der Waals surface area contributed by atoms with Crippen molar-refractivity contribution in [3.63, 3.8) is 0 Å². The minimum Gasteiger partial charge on any atom is -0.398 e. The van der Waals surface area contributed by atoms with Gasteiger partial charge < -0.3 is 16.2 Å². The number of anilines is 2. The van der Waals surface area contributed by atoms with Crippen molar-refractivity contribution in [2.75, 3.05) is 29.6 Å². The zero-order valence-corrected chi connectivity index (χ0v) is 10.9. The molecule has 1 aromatic rings. The summed E-state index contributed by atoms with van der Waals surface area (Å²) in [5.41, 5.74) is 7.91. The number of aliphatic hydroxyl groups is 1. The Bertz CT molecular complexity index is 353. The van der Waals surface area contributed by atoms with Crippen LogP contribution < -0.4 is 11.1 Å². The molecule has 0 spiro atoms. The lowest BCUT2D eigenvalue weighted by Gasteiger charge is -2.23. The third-order valence-electron chi connectivity index (χ3n) is 2.41. The minimum absolute atomic E-state index is 0.524. The highest BCUT2D eigenvalue weighted by molar-refractivity contribution is 7.98. The lowest BCUT2D eigenvalue weighted by Crippen LogP contribution is -2.36. The zero-order chi connectivity index (χ0) is 12.2. The molecule has 4 N–H and O–H groups in total. The molecule has 0 bridgehead atoms. The van der Waals surface area contributed by atoms with Crippen molar-refractivity contribution in [1.29, 1.82) is 0 Å². The highest BCUT2D eigenvalue weighted by atomic mass is 32.2. The largest absolute Gasteiger partial charge is 0.398 e. The van der Waals surface area contributed by atoms with Gasteiger partial charge in [-0.15, -0.1) is 0 Å². The zero-order valence-electron chi connectivity index (χ0n) is 10.1. The van der Waals surface area contributed by atoms with E-state index in [0.717, 1.165) is 16.9 Å². The second-order valence-electron chi connectivity index (χ2n) is 4.35. The van der Waals surface area contributed by atoms with E-state index in [1.165, 1.54) is 0 Å². The predicted molar refractivity (Wildman–Crippen MR) is 73.1 cm³/mol. The Kier molecular flexibility index (Phi) is 4.50. The van der Waals surface area contributed by atoms with Crippen LogP contribution in [0.15, 0.2) is 18.2 Å². The van der Waals surface area contributed by atoms with Gasteiger partial charge in [-0.2, -0.15) is 11.8 Å². The summed E-state index contributed by atoms with van der Waals surface area (Å²) in [5, 5.41) is 13.2. The third kappa shape index (κ3) is 3.94. The SMILES string of the molecule is CSCC(C)(O)CNc1ccc(C)c(N)c1. The van der Waals surface area contributed by atoms with E-state index in [4.69, 9.17) is 5.73 Å². The standard InChI is InChI=1S/C12H20N2OS/c1-9-4-5-10(6-11(9)13)14-7-12(2,15)8-16-3/h4-6,14-15H,7-8,13H2,1-3H3. The highest BCUT2D eigenvalue weighted by Crippen LogP contribution is 2.18. The molecule has 0 saturated carbocycles. The Morgan fingerprint density at radius 3 is 2.75 bits per heavy atom. The van der Waals surface area contributed by atoms with E-state index in [0.29, 0.717) is 12.3 Å². The molecule has 1 unspecified atom stereocenters. The van der Waals surface area contributed by atoms with E-state index in [2.05, 4.69) is 5.32 Å². The molecule has 0 aliphatic heterocycles. The maximum absolute atomic E-state index is 9.99. The van der Waals surface area contributed by atoms with Crippen LogP contribution in [0.2, 0.25) is 0 Å². The fourth-order valence-electron chi connectivity index (χ4n) is 1.40. The van der Waals surface area contributed by atoms with Gasteiger partial charge in [0.25, 0.3) is 0 Å². The molecule has 1 atom stereocenters. The number of nitrogens with two attached hydrogens (primary N) is 1. The molecular formula is C12H20N2OS. The van der Waals surface area contributed by atoms with Gasteiger partial charge >= 0.3 is 0 Å². The molecule has 0 amide bonds. The monoisotopic (exact) mass is 240 g/mol. The summed E-state index contributed by atoms with van der Waals surface area (Å²) in [6, 6.07) is 5.84. The van der Waals surface area contributed by atoms with Crippen molar-refractivity contribution in [2.24, 2.45) is 0 Å². The third-order valence-corrected chi connectivity index (χ3v) is 3.32. The van der Waals surface area contributed by atoms with Crippen molar-refractivity contribution in [2.45, 2.75) is 19.4 Å². The minimum atomic E-state index is -0.695. The number of hydrogen-bond acceptors (Lipinski definition) is 4. The van der Waals surface area contributed by atoms with Gasteiger partial charge in [0.2, 0.25) is 0 Å². The van der Waals surface area contributed by atoms with Gasteiger partial charge in [-0.1, -0.05) is 6.07 Å². The molecular weight excluding hydrogens is 220 g/mol. The van der Waals surface area contributed by atoms with E-state index >= 15 is 0 Å². The summed E-state index contributed by atoms with van der Waals surface area (Å²) in [6.45, 7) is 4.33. The van der Waals surface area contributed by atoms with Crippen LogP contribution in [0.4, 0.5) is 11.4 Å². The summed E-state index contributed by atoms with van der Waals surface area (Å²) >= 11 is 1.63. The predicted octanol–water partition coefficient (Wildman–Crippen LogP) is 2.10. The Morgan fingerprint density at radius 2 is 2.19 bits per heavy atom. The number of aryl methyl sites for hydroxylation is 1. The van der Waals surface area contributed by atoms with Gasteiger partial charge in [-0.3, -0.25) is 0 Å². The van der Waals surface area contributed by atoms with Crippen LogP contribution in [-0.4, -0.2) is 29.3 Å². The summed E-state index contributed by atoms with van der Waals surface area (Å²) in [7, 11) is 0. The second-order valence-corrected chi connectivity index (χ2v) is 5.22. The molecule has 0 heterocycles. The van der Waals surface area contributed by atoms with Crippen LogP contribution >= 0.6 is 11.8 Å². The van der Waals surface area contributed by atoms with Gasteiger partial charge in [-0.05, 0) is 37.8 Å². The highest BCUT2D eigenvalue weighted by Gasteiger charge is 2.18. The number of nitrogen functional groups attached to an aromatic ring is 1. The molecule has 4 heteroatoms. The van der Waals surface area contributed by atoms with Gasteiger partial charge in [0, 0.05) is 23.7 Å². The molecule has 3 nitrogen and oxygen atoms in total. The molecule has 0 aliphatic carbocycles. The molecule has 1 rings (SSSR count). The van der Waals surface area contributed by atoms with Crippen molar-refractivity contribution in [1.82, 2.24) is 0 Å². The number of benzene rings is 1. The first kappa shape index (κ1) is 13.2. The lowest BCUT2D eigenvalue weighted by atomic mass is 10.1. The normalized spacial score (nSPS) is 14.5. The maximum atomic E-state index is 9.99. The Balaban J connectivity index is 2.57.